The number of aliphatic hydroxyl groups excluding tert-OH is 1. The van der Waals surface area contributed by atoms with Crippen LogP contribution in [0.5, 0.6) is 0 Å². The van der Waals surface area contributed by atoms with Crippen LogP contribution in [0.4, 0.5) is 0 Å². The Morgan fingerprint density at radius 2 is 1.44 bits per heavy atom. The summed E-state index contributed by atoms with van der Waals surface area (Å²) in [5, 5.41) is 9.20. The van der Waals surface area contributed by atoms with Crippen molar-refractivity contribution >= 4 is 0 Å². The summed E-state index contributed by atoms with van der Waals surface area (Å²) >= 11 is 0. The van der Waals surface area contributed by atoms with Crippen LogP contribution in [0, 0.1) is 0 Å². The van der Waals surface area contributed by atoms with E-state index in [9.17, 15) is 5.11 Å². The van der Waals surface area contributed by atoms with Crippen molar-refractivity contribution in [2.75, 3.05) is 39.6 Å². The molecule has 0 saturated carbocycles. The molecule has 98 valence electrons. The molecule has 0 aromatic carbocycles. The average Bonchev–Trinajstić information content (AvgIpc) is 2.31. The number of aliphatic hydroxyl groups is 1. The first-order chi connectivity index (χ1) is 7.81. The summed E-state index contributed by atoms with van der Waals surface area (Å²) in [6.45, 7) is 7.65. The Hall–Kier alpha value is -0.160. The number of unbranched alkanes of at least 4 members (excludes halogenated alkanes) is 1. The SMILES string of the molecule is CCCCOCCOCCOCC(O)CC. The van der Waals surface area contributed by atoms with Crippen molar-refractivity contribution in [2.24, 2.45) is 0 Å². The highest BCUT2D eigenvalue weighted by molar-refractivity contribution is 4.47. The van der Waals surface area contributed by atoms with Gasteiger partial charge in [0.05, 0.1) is 39.1 Å². The minimum Gasteiger partial charge on any atom is -0.391 e. The molecule has 0 aliphatic rings. The van der Waals surface area contributed by atoms with Gasteiger partial charge in [0.1, 0.15) is 0 Å². The van der Waals surface area contributed by atoms with Gasteiger partial charge in [0, 0.05) is 6.61 Å². The Labute approximate surface area is 98.9 Å². The predicted molar refractivity (Wildman–Crippen MR) is 63.7 cm³/mol. The smallest absolute Gasteiger partial charge is 0.0771 e. The molecule has 0 bridgehead atoms. The molecule has 0 rings (SSSR count). The van der Waals surface area contributed by atoms with Gasteiger partial charge in [0.15, 0.2) is 0 Å². The molecule has 0 aliphatic heterocycles. The molecule has 0 spiro atoms. The molecule has 0 aliphatic carbocycles. The van der Waals surface area contributed by atoms with Crippen LogP contribution in [0.25, 0.3) is 0 Å². The lowest BCUT2D eigenvalue weighted by Gasteiger charge is -2.09. The van der Waals surface area contributed by atoms with E-state index in [1.165, 1.54) is 0 Å². The van der Waals surface area contributed by atoms with Gasteiger partial charge < -0.3 is 19.3 Å². The number of hydrogen-bond donors (Lipinski definition) is 1. The Kier molecular flexibility index (Phi) is 12.8. The topological polar surface area (TPSA) is 47.9 Å². The molecular weight excluding hydrogens is 208 g/mol. The molecular formula is C12H26O4. The van der Waals surface area contributed by atoms with Gasteiger partial charge in [-0.05, 0) is 12.8 Å². The molecule has 4 nitrogen and oxygen atoms in total. The fraction of sp³-hybridized carbons (Fsp3) is 1.00. The number of hydrogen-bond acceptors (Lipinski definition) is 4. The predicted octanol–water partition coefficient (Wildman–Crippen LogP) is 1.61. The summed E-state index contributed by atoms with van der Waals surface area (Å²) < 4.78 is 15.8. The zero-order valence-electron chi connectivity index (χ0n) is 10.6. The Morgan fingerprint density at radius 3 is 2.00 bits per heavy atom. The first-order valence-corrected chi connectivity index (χ1v) is 6.22. The van der Waals surface area contributed by atoms with Gasteiger partial charge in [-0.25, -0.2) is 0 Å². The van der Waals surface area contributed by atoms with Crippen molar-refractivity contribution < 1.29 is 19.3 Å². The molecule has 4 heteroatoms. The standard InChI is InChI=1S/C12H26O4/c1-3-5-6-14-7-8-15-9-10-16-11-12(13)4-2/h12-13H,3-11H2,1-2H3. The minimum absolute atomic E-state index is 0.350. The molecule has 0 radical (unpaired) electrons. The highest BCUT2D eigenvalue weighted by Crippen LogP contribution is 1.91. The zero-order valence-corrected chi connectivity index (χ0v) is 10.6. The maximum atomic E-state index is 9.20. The molecule has 1 N–H and O–H groups in total. The van der Waals surface area contributed by atoms with E-state index in [-0.39, 0.29) is 6.10 Å². The lowest BCUT2D eigenvalue weighted by atomic mass is 10.3. The number of rotatable bonds is 12. The van der Waals surface area contributed by atoms with E-state index in [2.05, 4.69) is 6.92 Å². The molecule has 0 aromatic heterocycles. The van der Waals surface area contributed by atoms with E-state index in [1.54, 1.807) is 0 Å². The minimum atomic E-state index is -0.350. The third-order valence-corrected chi connectivity index (χ3v) is 2.17. The molecule has 0 amide bonds. The van der Waals surface area contributed by atoms with Crippen LogP contribution in [0.2, 0.25) is 0 Å². The summed E-state index contributed by atoms with van der Waals surface area (Å²) in [7, 11) is 0. The molecule has 0 saturated heterocycles. The Balaban J connectivity index is 2.93. The third kappa shape index (κ3) is 11.9. The van der Waals surface area contributed by atoms with Crippen molar-refractivity contribution in [3.63, 3.8) is 0 Å². The monoisotopic (exact) mass is 234 g/mol. The van der Waals surface area contributed by atoms with Crippen LogP contribution in [-0.2, 0) is 14.2 Å². The van der Waals surface area contributed by atoms with E-state index < -0.39 is 0 Å². The fourth-order valence-electron chi connectivity index (χ4n) is 1.02. The maximum absolute atomic E-state index is 9.20. The van der Waals surface area contributed by atoms with Gasteiger partial charge in [-0.2, -0.15) is 0 Å². The molecule has 16 heavy (non-hydrogen) atoms. The van der Waals surface area contributed by atoms with E-state index >= 15 is 0 Å². The second-order valence-corrected chi connectivity index (χ2v) is 3.72. The van der Waals surface area contributed by atoms with Gasteiger partial charge in [-0.1, -0.05) is 20.3 Å². The summed E-state index contributed by atoms with van der Waals surface area (Å²) in [6.07, 6.45) is 2.65. The first kappa shape index (κ1) is 15.8. The first-order valence-electron chi connectivity index (χ1n) is 6.22. The Morgan fingerprint density at radius 1 is 0.875 bits per heavy atom. The molecule has 0 heterocycles. The van der Waals surface area contributed by atoms with Gasteiger partial charge in [-0.15, -0.1) is 0 Å². The van der Waals surface area contributed by atoms with Crippen LogP contribution in [-0.4, -0.2) is 50.9 Å². The summed E-state index contributed by atoms with van der Waals surface area (Å²) in [4.78, 5) is 0. The second kappa shape index (κ2) is 12.9. The Bertz CT molecular complexity index is 130. The van der Waals surface area contributed by atoms with Crippen LogP contribution in [0.15, 0.2) is 0 Å². The van der Waals surface area contributed by atoms with Crippen LogP contribution in [0.1, 0.15) is 33.1 Å². The largest absolute Gasteiger partial charge is 0.391 e. The highest BCUT2D eigenvalue weighted by Gasteiger charge is 1.99. The summed E-state index contributed by atoms with van der Waals surface area (Å²) in [5.74, 6) is 0. The molecule has 1 atom stereocenters. The van der Waals surface area contributed by atoms with Crippen molar-refractivity contribution in [3.8, 4) is 0 Å². The molecule has 0 fully saturated rings. The molecule has 1 unspecified atom stereocenters. The zero-order chi connectivity index (χ0) is 12.1. The van der Waals surface area contributed by atoms with Gasteiger partial charge in [0.2, 0.25) is 0 Å². The summed E-state index contributed by atoms with van der Waals surface area (Å²) in [5.41, 5.74) is 0. The van der Waals surface area contributed by atoms with E-state index in [0.717, 1.165) is 25.9 Å². The molecule has 0 aromatic rings. The quantitative estimate of drug-likeness (QED) is 0.521. The van der Waals surface area contributed by atoms with Crippen molar-refractivity contribution in [2.45, 2.75) is 39.2 Å². The third-order valence-electron chi connectivity index (χ3n) is 2.17. The van der Waals surface area contributed by atoms with E-state index in [0.29, 0.717) is 33.0 Å². The average molecular weight is 234 g/mol. The van der Waals surface area contributed by atoms with Crippen LogP contribution < -0.4 is 0 Å². The van der Waals surface area contributed by atoms with E-state index in [4.69, 9.17) is 14.2 Å². The lowest BCUT2D eigenvalue weighted by molar-refractivity contribution is -0.0105. The van der Waals surface area contributed by atoms with Gasteiger partial charge >= 0.3 is 0 Å². The van der Waals surface area contributed by atoms with E-state index in [1.807, 2.05) is 6.92 Å². The number of ether oxygens (including phenoxy) is 3. The normalized spacial score (nSPS) is 12.9. The van der Waals surface area contributed by atoms with Gasteiger partial charge in [-0.3, -0.25) is 0 Å². The van der Waals surface area contributed by atoms with Crippen molar-refractivity contribution in [3.05, 3.63) is 0 Å². The van der Waals surface area contributed by atoms with Crippen molar-refractivity contribution in [1.82, 2.24) is 0 Å². The summed E-state index contributed by atoms with van der Waals surface area (Å²) in [6, 6.07) is 0. The lowest BCUT2D eigenvalue weighted by Crippen LogP contribution is -2.16. The second-order valence-electron chi connectivity index (χ2n) is 3.72. The van der Waals surface area contributed by atoms with Gasteiger partial charge in [0.25, 0.3) is 0 Å². The van der Waals surface area contributed by atoms with Crippen molar-refractivity contribution in [1.29, 1.82) is 0 Å². The maximum Gasteiger partial charge on any atom is 0.0771 e. The highest BCUT2D eigenvalue weighted by atomic mass is 16.5. The van der Waals surface area contributed by atoms with Crippen LogP contribution in [0.3, 0.4) is 0 Å². The fourth-order valence-corrected chi connectivity index (χ4v) is 1.02. The van der Waals surface area contributed by atoms with Crippen LogP contribution >= 0.6 is 0 Å².